The minimum atomic E-state index is -2.92. The van der Waals surface area contributed by atoms with Crippen LogP contribution in [0.4, 0.5) is 13.6 Å². The van der Waals surface area contributed by atoms with Crippen LogP contribution in [0.2, 0.25) is 5.02 Å². The van der Waals surface area contributed by atoms with E-state index in [0.717, 1.165) is 23.7 Å². The summed E-state index contributed by atoms with van der Waals surface area (Å²) in [5.74, 6) is -3.29. The third-order valence-corrected chi connectivity index (χ3v) is 8.38. The molecular weight excluding hydrogens is 576 g/mol. The Hall–Kier alpha value is -3.63. The van der Waals surface area contributed by atoms with Crippen molar-refractivity contribution in [1.29, 1.82) is 0 Å². The third-order valence-electron chi connectivity index (χ3n) is 7.95. The molecule has 8 nitrogen and oxygen atoms in total. The predicted molar refractivity (Wildman–Crippen MR) is 160 cm³/mol. The van der Waals surface area contributed by atoms with Crippen LogP contribution in [0.1, 0.15) is 68.3 Å². The van der Waals surface area contributed by atoms with Crippen LogP contribution in [0.5, 0.6) is 0 Å². The lowest BCUT2D eigenvalue weighted by Crippen LogP contribution is -2.59. The minimum Gasteiger partial charge on any atom is -0.444 e. The van der Waals surface area contributed by atoms with E-state index in [1.807, 2.05) is 45.9 Å². The van der Waals surface area contributed by atoms with E-state index in [0.29, 0.717) is 40.0 Å². The summed E-state index contributed by atoms with van der Waals surface area (Å²) in [6.07, 6.45) is 2.13. The Morgan fingerprint density at radius 1 is 1.09 bits per heavy atom. The monoisotopic (exact) mass is 611 g/mol. The molecule has 1 unspecified atom stereocenters. The molecule has 0 spiro atoms. The summed E-state index contributed by atoms with van der Waals surface area (Å²) in [5.41, 5.74) is 1.92. The highest BCUT2D eigenvalue weighted by atomic mass is 35.5. The van der Waals surface area contributed by atoms with E-state index in [2.05, 4.69) is 10.3 Å². The van der Waals surface area contributed by atoms with E-state index in [-0.39, 0.29) is 24.6 Å². The molecule has 1 amide bonds. The Labute approximate surface area is 254 Å². The summed E-state index contributed by atoms with van der Waals surface area (Å²) in [6, 6.07) is 11.7. The molecule has 5 rings (SSSR count). The molecule has 43 heavy (non-hydrogen) atoms. The first-order chi connectivity index (χ1) is 20.1. The van der Waals surface area contributed by atoms with E-state index >= 15 is 0 Å². The highest BCUT2D eigenvalue weighted by molar-refractivity contribution is 6.36. The van der Waals surface area contributed by atoms with Gasteiger partial charge in [0.1, 0.15) is 11.2 Å². The fourth-order valence-corrected chi connectivity index (χ4v) is 5.91. The lowest BCUT2D eigenvalue weighted by molar-refractivity contribution is -0.0726. The lowest BCUT2D eigenvalue weighted by atomic mass is 9.74. The van der Waals surface area contributed by atoms with Gasteiger partial charge in [-0.05, 0) is 56.0 Å². The van der Waals surface area contributed by atoms with E-state index in [9.17, 15) is 18.7 Å². The van der Waals surface area contributed by atoms with Gasteiger partial charge in [0.2, 0.25) is 0 Å². The number of amides is 1. The van der Waals surface area contributed by atoms with Crippen LogP contribution in [0, 0.1) is 5.92 Å². The number of halogens is 3. The number of benzene rings is 2. The molecule has 1 atom stereocenters. The number of likely N-dealkylation sites (tertiary alicyclic amines) is 1. The zero-order valence-corrected chi connectivity index (χ0v) is 25.9. The van der Waals surface area contributed by atoms with Crippen molar-refractivity contribution in [2.24, 2.45) is 13.0 Å². The number of carbonyl (C=O) groups excluding carboxylic acids is 1. The molecule has 1 saturated heterocycles. The van der Waals surface area contributed by atoms with Gasteiger partial charge < -0.3 is 14.7 Å². The Kier molecular flexibility index (Phi) is 7.98. The summed E-state index contributed by atoms with van der Waals surface area (Å²) in [5, 5.41) is 21.6. The molecular formula is C32H36ClF2N5O3. The Bertz CT molecular complexity index is 1660. The predicted octanol–water partition coefficient (Wildman–Crippen LogP) is 6.38. The molecule has 1 fully saturated rings. The van der Waals surface area contributed by atoms with Gasteiger partial charge in [0.25, 0.3) is 5.92 Å². The number of rotatable bonds is 7. The molecule has 1 aliphatic heterocycles. The Morgan fingerprint density at radius 2 is 1.74 bits per heavy atom. The van der Waals surface area contributed by atoms with Crippen LogP contribution in [0.25, 0.3) is 10.9 Å². The van der Waals surface area contributed by atoms with Gasteiger partial charge in [0.05, 0.1) is 22.4 Å². The fourth-order valence-electron chi connectivity index (χ4n) is 5.59. The van der Waals surface area contributed by atoms with Crippen molar-refractivity contribution in [3.8, 4) is 0 Å². The quantitative estimate of drug-likeness (QED) is 0.260. The van der Waals surface area contributed by atoms with Crippen molar-refractivity contribution < 1.29 is 23.4 Å². The standard InChI is InChI=1S/C32H36ClF2N5O3/c1-7-25-23(14-19-8-10-20(11-9-19)31(5,34)35)28(33)24-15-21(12-13-26(24)37-25)32(42,27-16-36-38-39(27)6)22-17-40(18-22)29(41)43-30(2,3)4/h8-13,15-16,22,42H,7,14,17-18H2,1-6H3. The van der Waals surface area contributed by atoms with Gasteiger partial charge in [-0.3, -0.25) is 4.98 Å². The summed E-state index contributed by atoms with van der Waals surface area (Å²) in [6.45, 7) is 8.84. The maximum Gasteiger partial charge on any atom is 0.410 e. The van der Waals surface area contributed by atoms with Crippen molar-refractivity contribution in [2.75, 3.05) is 13.1 Å². The molecule has 2 aromatic carbocycles. The highest BCUT2D eigenvalue weighted by Gasteiger charge is 2.50. The van der Waals surface area contributed by atoms with Crippen molar-refractivity contribution >= 4 is 28.6 Å². The molecule has 11 heteroatoms. The van der Waals surface area contributed by atoms with E-state index in [1.54, 1.807) is 24.1 Å². The first-order valence-electron chi connectivity index (χ1n) is 14.3. The largest absolute Gasteiger partial charge is 0.444 e. The number of hydrogen-bond donors (Lipinski definition) is 1. The molecule has 1 aliphatic rings. The van der Waals surface area contributed by atoms with Gasteiger partial charge in [-0.1, -0.05) is 54.1 Å². The van der Waals surface area contributed by atoms with Crippen molar-refractivity contribution in [3.05, 3.63) is 87.3 Å². The third kappa shape index (κ3) is 5.95. The van der Waals surface area contributed by atoms with Crippen molar-refractivity contribution in [3.63, 3.8) is 0 Å². The number of alkyl halides is 2. The number of nitrogens with zero attached hydrogens (tertiary/aromatic N) is 5. The maximum absolute atomic E-state index is 13.8. The number of fused-ring (bicyclic) bond motifs is 1. The molecule has 0 radical (unpaired) electrons. The number of aliphatic hydroxyl groups is 1. The SMILES string of the molecule is CCc1nc2ccc(C(O)(c3cnnn3C)C3CN(C(=O)OC(C)(C)C)C3)cc2c(Cl)c1Cc1ccc(C(C)(F)F)cc1. The van der Waals surface area contributed by atoms with Gasteiger partial charge in [-0.25, -0.2) is 18.3 Å². The van der Waals surface area contributed by atoms with Crippen LogP contribution in [0.15, 0.2) is 48.7 Å². The number of carbonyl (C=O) groups is 1. The van der Waals surface area contributed by atoms with Gasteiger partial charge in [0, 0.05) is 56.0 Å². The molecule has 228 valence electrons. The number of ether oxygens (including phenoxy) is 1. The Balaban J connectivity index is 1.54. The molecule has 0 saturated carbocycles. The van der Waals surface area contributed by atoms with Crippen LogP contribution in [-0.2, 0) is 36.1 Å². The number of aromatic nitrogens is 4. The van der Waals surface area contributed by atoms with E-state index in [4.69, 9.17) is 21.3 Å². The number of aryl methyl sites for hydroxylation is 2. The van der Waals surface area contributed by atoms with Gasteiger partial charge in [0.15, 0.2) is 0 Å². The highest BCUT2D eigenvalue weighted by Crippen LogP contribution is 2.43. The lowest BCUT2D eigenvalue weighted by Gasteiger charge is -2.47. The van der Waals surface area contributed by atoms with Crippen molar-refractivity contribution in [1.82, 2.24) is 24.9 Å². The van der Waals surface area contributed by atoms with Gasteiger partial charge in [-0.2, -0.15) is 0 Å². The Morgan fingerprint density at radius 3 is 2.30 bits per heavy atom. The second-order valence-corrected chi connectivity index (χ2v) is 12.7. The molecule has 1 N–H and O–H groups in total. The van der Waals surface area contributed by atoms with Crippen LogP contribution in [0.3, 0.4) is 0 Å². The smallest absolute Gasteiger partial charge is 0.410 e. The molecule has 2 aromatic heterocycles. The topological polar surface area (TPSA) is 93.4 Å². The fraction of sp³-hybridized carbons (Fsp3) is 0.438. The summed E-state index contributed by atoms with van der Waals surface area (Å²) in [4.78, 5) is 19.1. The zero-order chi connectivity index (χ0) is 31.3. The van der Waals surface area contributed by atoms with Gasteiger partial charge >= 0.3 is 6.09 Å². The van der Waals surface area contributed by atoms with Crippen LogP contribution < -0.4 is 0 Å². The number of pyridine rings is 1. The zero-order valence-electron chi connectivity index (χ0n) is 25.2. The van der Waals surface area contributed by atoms with E-state index < -0.39 is 23.2 Å². The average molecular weight is 612 g/mol. The molecule has 0 bridgehead atoms. The molecule has 3 heterocycles. The van der Waals surface area contributed by atoms with Crippen LogP contribution >= 0.6 is 11.6 Å². The first kappa shape index (κ1) is 30.8. The van der Waals surface area contributed by atoms with Crippen molar-refractivity contribution in [2.45, 2.75) is 64.6 Å². The second-order valence-electron chi connectivity index (χ2n) is 12.3. The average Bonchev–Trinajstić information content (AvgIpc) is 3.34. The summed E-state index contributed by atoms with van der Waals surface area (Å²) >= 11 is 7.07. The minimum absolute atomic E-state index is 0.0514. The first-order valence-corrected chi connectivity index (χ1v) is 14.6. The van der Waals surface area contributed by atoms with Gasteiger partial charge in [-0.15, -0.1) is 5.10 Å². The normalized spacial score (nSPS) is 15.8. The number of hydrogen-bond acceptors (Lipinski definition) is 6. The van der Waals surface area contributed by atoms with Crippen LogP contribution in [-0.4, -0.2) is 54.8 Å². The molecule has 0 aliphatic carbocycles. The second kappa shape index (κ2) is 11.1. The maximum atomic E-state index is 13.8. The van der Waals surface area contributed by atoms with E-state index in [1.165, 1.54) is 23.0 Å². The molecule has 4 aromatic rings. The summed E-state index contributed by atoms with van der Waals surface area (Å²) < 4.78 is 34.6. The summed E-state index contributed by atoms with van der Waals surface area (Å²) in [7, 11) is 1.71.